The van der Waals surface area contributed by atoms with Gasteiger partial charge in [0.15, 0.2) is 23.1 Å². The van der Waals surface area contributed by atoms with Crippen molar-refractivity contribution in [2.45, 2.75) is 20.1 Å². The normalized spacial score (nSPS) is 10.9. The molecule has 0 bridgehead atoms. The second kappa shape index (κ2) is 8.96. The van der Waals surface area contributed by atoms with E-state index < -0.39 is 17.5 Å². The van der Waals surface area contributed by atoms with Gasteiger partial charge in [-0.2, -0.15) is 5.10 Å². The molecule has 1 amide bonds. The van der Waals surface area contributed by atoms with Crippen molar-refractivity contribution >= 4 is 11.7 Å². The first-order valence-electron chi connectivity index (χ1n) is 9.52. The molecule has 0 aliphatic carbocycles. The molecule has 0 unspecified atom stereocenters. The first kappa shape index (κ1) is 21.2. The zero-order chi connectivity index (χ0) is 22.7. The lowest BCUT2D eigenvalue weighted by Crippen LogP contribution is -2.16. The Morgan fingerprint density at radius 1 is 1.12 bits per heavy atom. The first-order chi connectivity index (χ1) is 15.4. The van der Waals surface area contributed by atoms with Crippen molar-refractivity contribution in [3.63, 3.8) is 0 Å². The molecule has 0 atom stereocenters. The molecule has 164 valence electrons. The van der Waals surface area contributed by atoms with Crippen molar-refractivity contribution in [1.29, 1.82) is 0 Å². The van der Waals surface area contributed by atoms with E-state index in [0.717, 1.165) is 12.1 Å². The number of rotatable bonds is 7. The number of carbonyl (C=O) groups excluding carboxylic acids is 1. The molecule has 0 aliphatic rings. The maximum atomic E-state index is 13.8. The summed E-state index contributed by atoms with van der Waals surface area (Å²) in [6.45, 7) is 1.54. The topological polar surface area (TPSA) is 82.2 Å². The van der Waals surface area contributed by atoms with Gasteiger partial charge in [-0.1, -0.05) is 23.4 Å². The van der Waals surface area contributed by atoms with Gasteiger partial charge in [0.05, 0.1) is 12.1 Å². The van der Waals surface area contributed by atoms with Crippen LogP contribution in [-0.2, 0) is 13.2 Å². The van der Waals surface area contributed by atoms with Crippen LogP contribution in [0.15, 0.2) is 59.3 Å². The summed E-state index contributed by atoms with van der Waals surface area (Å²) in [7, 11) is 0. The molecule has 0 saturated carbocycles. The number of ether oxygens (including phenoxy) is 1. The van der Waals surface area contributed by atoms with E-state index in [-0.39, 0.29) is 36.2 Å². The standard InChI is InChI=1S/C22H17F3N4O3/c1-13-16(12-31-19-7-6-15(23)10-18(19)25)21(28-32-13)22(30)26-20-8-9-29(27-20)11-14-4-2-3-5-17(14)24/h2-10H,11-12H2,1H3,(H,26,27,30). The lowest BCUT2D eigenvalue weighted by molar-refractivity contribution is 0.101. The van der Waals surface area contributed by atoms with E-state index in [9.17, 15) is 18.0 Å². The van der Waals surface area contributed by atoms with Crippen LogP contribution in [0.5, 0.6) is 5.75 Å². The highest BCUT2D eigenvalue weighted by molar-refractivity contribution is 6.03. The van der Waals surface area contributed by atoms with Crippen molar-refractivity contribution in [2.75, 3.05) is 5.32 Å². The number of halogens is 3. The molecule has 10 heteroatoms. The summed E-state index contributed by atoms with van der Waals surface area (Å²) < 4.78 is 52.6. The molecule has 32 heavy (non-hydrogen) atoms. The highest BCUT2D eigenvalue weighted by Crippen LogP contribution is 2.22. The number of benzene rings is 2. The monoisotopic (exact) mass is 442 g/mol. The zero-order valence-corrected chi connectivity index (χ0v) is 16.8. The number of nitrogens with one attached hydrogen (secondary N) is 1. The Hall–Kier alpha value is -4.08. The zero-order valence-electron chi connectivity index (χ0n) is 16.8. The molecule has 1 N–H and O–H groups in total. The number of anilines is 1. The van der Waals surface area contributed by atoms with Gasteiger partial charge in [-0.15, -0.1) is 0 Å². The largest absolute Gasteiger partial charge is 0.486 e. The minimum absolute atomic E-state index is 0.0614. The third-order valence-electron chi connectivity index (χ3n) is 4.64. The number of hydrogen-bond acceptors (Lipinski definition) is 5. The summed E-state index contributed by atoms with van der Waals surface area (Å²) in [5, 5.41) is 10.5. The van der Waals surface area contributed by atoms with Crippen LogP contribution in [0.1, 0.15) is 27.4 Å². The van der Waals surface area contributed by atoms with Crippen LogP contribution < -0.4 is 10.1 Å². The molecule has 2 heterocycles. The van der Waals surface area contributed by atoms with Crippen molar-refractivity contribution in [1.82, 2.24) is 14.9 Å². The molecule has 2 aromatic heterocycles. The number of carbonyl (C=O) groups is 1. The van der Waals surface area contributed by atoms with E-state index in [1.54, 1.807) is 37.4 Å². The average molecular weight is 442 g/mol. The molecule has 7 nitrogen and oxygen atoms in total. The number of aromatic nitrogens is 3. The van der Waals surface area contributed by atoms with Gasteiger partial charge in [0, 0.05) is 23.9 Å². The van der Waals surface area contributed by atoms with E-state index in [4.69, 9.17) is 9.26 Å². The molecule has 0 spiro atoms. The Bertz CT molecular complexity index is 1270. The summed E-state index contributed by atoms with van der Waals surface area (Å²) in [6, 6.07) is 10.8. The highest BCUT2D eigenvalue weighted by atomic mass is 19.1. The van der Waals surface area contributed by atoms with Gasteiger partial charge in [0.2, 0.25) is 0 Å². The molecule has 0 fully saturated rings. The molecule has 0 aliphatic heterocycles. The van der Waals surface area contributed by atoms with Gasteiger partial charge in [-0.25, -0.2) is 13.2 Å². The Kier molecular flexibility index (Phi) is 5.93. The van der Waals surface area contributed by atoms with Crippen molar-refractivity contribution in [2.24, 2.45) is 0 Å². The minimum Gasteiger partial charge on any atom is -0.486 e. The maximum absolute atomic E-state index is 13.8. The quantitative estimate of drug-likeness (QED) is 0.457. The Morgan fingerprint density at radius 3 is 2.72 bits per heavy atom. The van der Waals surface area contributed by atoms with E-state index in [1.807, 2.05) is 0 Å². The summed E-state index contributed by atoms with van der Waals surface area (Å²) in [5.74, 6) is -2.21. The highest BCUT2D eigenvalue weighted by Gasteiger charge is 2.22. The van der Waals surface area contributed by atoms with E-state index in [0.29, 0.717) is 23.0 Å². The fraction of sp³-hybridized carbons (Fsp3) is 0.136. The van der Waals surface area contributed by atoms with Crippen LogP contribution in [-0.4, -0.2) is 20.8 Å². The molecule has 4 rings (SSSR count). The van der Waals surface area contributed by atoms with Gasteiger partial charge < -0.3 is 14.6 Å². The summed E-state index contributed by atoms with van der Waals surface area (Å²) in [6.07, 6.45) is 1.59. The van der Waals surface area contributed by atoms with Gasteiger partial charge >= 0.3 is 0 Å². The lowest BCUT2D eigenvalue weighted by Gasteiger charge is -2.07. The fourth-order valence-corrected chi connectivity index (χ4v) is 2.97. The molecule has 0 saturated heterocycles. The van der Waals surface area contributed by atoms with Crippen molar-refractivity contribution in [3.05, 3.63) is 94.8 Å². The van der Waals surface area contributed by atoms with E-state index in [2.05, 4.69) is 15.6 Å². The third-order valence-corrected chi connectivity index (χ3v) is 4.64. The predicted molar refractivity (Wildman–Crippen MR) is 108 cm³/mol. The number of hydrogen-bond donors (Lipinski definition) is 1. The predicted octanol–water partition coefficient (Wildman–Crippen LogP) is 4.48. The van der Waals surface area contributed by atoms with Crippen LogP contribution in [0.2, 0.25) is 0 Å². The van der Waals surface area contributed by atoms with Crippen molar-refractivity contribution < 1.29 is 27.2 Å². The molecular weight excluding hydrogens is 425 g/mol. The molecule has 4 aromatic rings. The summed E-state index contributed by atoms with van der Waals surface area (Å²) in [5.41, 5.74) is 0.693. The minimum atomic E-state index is -0.870. The number of nitrogens with zero attached hydrogens (tertiary/aromatic N) is 3. The smallest absolute Gasteiger partial charge is 0.279 e. The van der Waals surface area contributed by atoms with E-state index >= 15 is 0 Å². The lowest BCUT2D eigenvalue weighted by atomic mass is 10.2. The van der Waals surface area contributed by atoms with Crippen LogP contribution in [0, 0.1) is 24.4 Å². The van der Waals surface area contributed by atoms with Crippen LogP contribution in [0.25, 0.3) is 0 Å². The Labute approximate surface area is 180 Å². The Balaban J connectivity index is 1.44. The van der Waals surface area contributed by atoms with Crippen molar-refractivity contribution in [3.8, 4) is 5.75 Å². The summed E-state index contributed by atoms with van der Waals surface area (Å²) in [4.78, 5) is 12.7. The second-order valence-electron chi connectivity index (χ2n) is 6.87. The Morgan fingerprint density at radius 2 is 1.94 bits per heavy atom. The average Bonchev–Trinajstić information content (AvgIpc) is 3.35. The molecular formula is C22H17F3N4O3. The number of amides is 1. The van der Waals surface area contributed by atoms with Gasteiger partial charge in [0.25, 0.3) is 5.91 Å². The van der Waals surface area contributed by atoms with Crippen LogP contribution >= 0.6 is 0 Å². The van der Waals surface area contributed by atoms with Gasteiger partial charge in [0.1, 0.15) is 24.0 Å². The molecule has 0 radical (unpaired) electrons. The van der Waals surface area contributed by atoms with Crippen LogP contribution in [0.3, 0.4) is 0 Å². The fourth-order valence-electron chi connectivity index (χ4n) is 2.97. The SMILES string of the molecule is Cc1onc(C(=O)Nc2ccn(Cc3ccccc3F)n2)c1COc1ccc(F)cc1F. The van der Waals surface area contributed by atoms with E-state index in [1.165, 1.54) is 10.7 Å². The number of aryl methyl sites for hydroxylation is 1. The second-order valence-corrected chi connectivity index (χ2v) is 6.87. The maximum Gasteiger partial charge on any atom is 0.279 e. The van der Waals surface area contributed by atoms with Gasteiger partial charge in [-0.3, -0.25) is 9.48 Å². The van der Waals surface area contributed by atoms with Crippen LogP contribution in [0.4, 0.5) is 19.0 Å². The third kappa shape index (κ3) is 4.64. The molecule has 2 aromatic carbocycles. The summed E-state index contributed by atoms with van der Waals surface area (Å²) >= 11 is 0. The van der Waals surface area contributed by atoms with Gasteiger partial charge in [-0.05, 0) is 25.1 Å². The first-order valence-corrected chi connectivity index (χ1v) is 9.52.